The Morgan fingerprint density at radius 3 is 3.00 bits per heavy atom. The van der Waals surface area contributed by atoms with Crippen LogP contribution in [-0.2, 0) is 4.79 Å². The van der Waals surface area contributed by atoms with Gasteiger partial charge in [0.2, 0.25) is 5.91 Å². The van der Waals surface area contributed by atoms with Gasteiger partial charge in [-0.1, -0.05) is 13.0 Å². The number of hydrogen-bond acceptors (Lipinski definition) is 4. The van der Waals surface area contributed by atoms with Crippen LogP contribution in [0.2, 0.25) is 0 Å². The fourth-order valence-corrected chi connectivity index (χ4v) is 5.05. The molecule has 0 spiro atoms. The van der Waals surface area contributed by atoms with Crippen LogP contribution < -0.4 is 5.32 Å². The highest BCUT2D eigenvalue weighted by molar-refractivity contribution is 7.99. The molecule has 2 saturated heterocycles. The molecule has 110 valence electrons. The van der Waals surface area contributed by atoms with Crippen molar-refractivity contribution in [3.63, 3.8) is 0 Å². The molecule has 3 unspecified atom stereocenters. The Balaban J connectivity index is 1.84. The first kappa shape index (κ1) is 14.4. The third-order valence-electron chi connectivity index (χ3n) is 4.50. The second-order valence-electron chi connectivity index (χ2n) is 5.94. The minimum Gasteiger partial charge on any atom is -0.320 e. The molecule has 0 radical (unpaired) electrons. The number of nitrogens with one attached hydrogen (secondary N) is 1. The zero-order valence-corrected chi connectivity index (χ0v) is 13.7. The summed E-state index contributed by atoms with van der Waals surface area (Å²) in [6, 6.07) is 4.20. The van der Waals surface area contributed by atoms with E-state index in [-0.39, 0.29) is 12.1 Å². The van der Waals surface area contributed by atoms with E-state index in [2.05, 4.69) is 34.7 Å². The van der Waals surface area contributed by atoms with Crippen LogP contribution in [0, 0.1) is 5.92 Å². The predicted molar refractivity (Wildman–Crippen MR) is 86.0 cm³/mol. The van der Waals surface area contributed by atoms with Crippen molar-refractivity contribution in [1.82, 2.24) is 10.2 Å². The van der Waals surface area contributed by atoms with E-state index in [1.165, 1.54) is 22.8 Å². The Morgan fingerprint density at radius 1 is 1.55 bits per heavy atom. The molecule has 5 heteroatoms. The predicted octanol–water partition coefficient (Wildman–Crippen LogP) is 3.10. The third kappa shape index (κ3) is 2.51. The van der Waals surface area contributed by atoms with Crippen LogP contribution in [0.3, 0.4) is 0 Å². The van der Waals surface area contributed by atoms with Gasteiger partial charge in [-0.3, -0.25) is 10.1 Å². The second kappa shape index (κ2) is 5.70. The molecule has 2 fully saturated rings. The lowest BCUT2D eigenvalue weighted by Gasteiger charge is -2.26. The molecule has 2 aliphatic heterocycles. The molecule has 1 aromatic rings. The molecule has 0 saturated carbocycles. The van der Waals surface area contributed by atoms with Gasteiger partial charge in [-0.05, 0) is 48.6 Å². The Morgan fingerprint density at radius 2 is 2.40 bits per heavy atom. The third-order valence-corrected chi connectivity index (χ3v) is 6.65. The van der Waals surface area contributed by atoms with E-state index in [0.717, 1.165) is 13.0 Å². The summed E-state index contributed by atoms with van der Waals surface area (Å²) in [5, 5.41) is 5.66. The highest BCUT2D eigenvalue weighted by atomic mass is 32.2. The van der Waals surface area contributed by atoms with Gasteiger partial charge in [-0.2, -0.15) is 11.8 Å². The van der Waals surface area contributed by atoms with E-state index in [4.69, 9.17) is 0 Å². The van der Waals surface area contributed by atoms with Gasteiger partial charge < -0.3 is 4.90 Å². The molecule has 0 aliphatic carbocycles. The average Bonchev–Trinajstić information content (AvgIpc) is 3.16. The minimum absolute atomic E-state index is 0.0676. The van der Waals surface area contributed by atoms with Crippen molar-refractivity contribution in [2.24, 2.45) is 5.92 Å². The lowest BCUT2D eigenvalue weighted by Crippen LogP contribution is -2.43. The van der Waals surface area contributed by atoms with Gasteiger partial charge in [0, 0.05) is 11.4 Å². The highest BCUT2D eigenvalue weighted by Crippen LogP contribution is 2.36. The van der Waals surface area contributed by atoms with Gasteiger partial charge >= 0.3 is 0 Å². The summed E-state index contributed by atoms with van der Waals surface area (Å²) in [5.74, 6) is 3.38. The number of thioether (sulfide) groups is 1. The average molecular weight is 310 g/mol. The number of thiophene rings is 1. The number of carbonyl (C=O) groups excluding carboxylic acids is 1. The Kier molecular flexibility index (Phi) is 4.11. The number of rotatable bonds is 4. The maximum atomic E-state index is 12.8. The number of hydrogen-bond donors (Lipinski definition) is 1. The summed E-state index contributed by atoms with van der Waals surface area (Å²) < 4.78 is 0. The van der Waals surface area contributed by atoms with Gasteiger partial charge in [0.1, 0.15) is 6.17 Å². The summed E-state index contributed by atoms with van der Waals surface area (Å²) in [7, 11) is 0. The topological polar surface area (TPSA) is 32.3 Å². The Labute approximate surface area is 129 Å². The van der Waals surface area contributed by atoms with E-state index < -0.39 is 5.54 Å². The smallest absolute Gasteiger partial charge is 0.244 e. The molecule has 3 atom stereocenters. The first-order chi connectivity index (χ1) is 9.64. The van der Waals surface area contributed by atoms with E-state index in [1.54, 1.807) is 11.3 Å². The van der Waals surface area contributed by atoms with Crippen LogP contribution in [-0.4, -0.2) is 34.4 Å². The molecule has 2 aliphatic rings. The Hall–Kier alpha value is -0.520. The molecule has 20 heavy (non-hydrogen) atoms. The zero-order valence-electron chi connectivity index (χ0n) is 12.1. The van der Waals surface area contributed by atoms with Crippen LogP contribution in [0.5, 0.6) is 0 Å². The minimum atomic E-state index is -0.402. The highest BCUT2D eigenvalue weighted by Gasteiger charge is 2.48. The maximum Gasteiger partial charge on any atom is 0.244 e. The van der Waals surface area contributed by atoms with Crippen LogP contribution >= 0.6 is 23.1 Å². The second-order valence-corrected chi connectivity index (χ2v) is 8.06. The van der Waals surface area contributed by atoms with Crippen LogP contribution in [0.1, 0.15) is 37.7 Å². The first-order valence-corrected chi connectivity index (χ1v) is 9.37. The molecule has 3 nitrogen and oxygen atoms in total. The van der Waals surface area contributed by atoms with Gasteiger partial charge in [-0.25, -0.2) is 0 Å². The van der Waals surface area contributed by atoms with Gasteiger partial charge in [0.25, 0.3) is 0 Å². The van der Waals surface area contributed by atoms with Gasteiger partial charge in [0.15, 0.2) is 0 Å². The maximum absolute atomic E-state index is 12.8. The summed E-state index contributed by atoms with van der Waals surface area (Å²) >= 11 is 3.75. The van der Waals surface area contributed by atoms with Crippen molar-refractivity contribution in [2.45, 2.75) is 38.4 Å². The molecule has 0 aromatic carbocycles. The molecule has 1 N–H and O–H groups in total. The summed E-state index contributed by atoms with van der Waals surface area (Å²) in [4.78, 5) is 16.2. The summed E-state index contributed by atoms with van der Waals surface area (Å²) in [6.07, 6.45) is 2.15. The van der Waals surface area contributed by atoms with Crippen LogP contribution in [0.25, 0.3) is 0 Å². The summed E-state index contributed by atoms with van der Waals surface area (Å²) in [6.45, 7) is 5.03. The first-order valence-electron chi connectivity index (χ1n) is 7.34. The number of nitrogens with zero attached hydrogens (tertiary/aromatic N) is 1. The fraction of sp³-hybridized carbons (Fsp3) is 0.667. The fourth-order valence-electron chi connectivity index (χ4n) is 2.99. The number of amides is 1. The quantitative estimate of drug-likeness (QED) is 0.927. The van der Waals surface area contributed by atoms with Crippen molar-refractivity contribution in [3.05, 3.63) is 22.4 Å². The van der Waals surface area contributed by atoms with E-state index in [1.807, 2.05) is 18.7 Å². The van der Waals surface area contributed by atoms with Crippen molar-refractivity contribution < 1.29 is 4.79 Å². The standard InChI is InChI=1S/C15H22N2OS2/c1-3-15(2)14(18)17(9-11-6-8-19-10-11)13(16-15)12-5-4-7-20-12/h4-5,7,11,13,16H,3,6,8-10H2,1-2H3. The van der Waals surface area contributed by atoms with Crippen LogP contribution in [0.4, 0.5) is 0 Å². The number of carbonyl (C=O) groups is 1. The molecule has 1 amide bonds. The normalized spacial score (nSPS) is 34.1. The van der Waals surface area contributed by atoms with Gasteiger partial charge in [-0.15, -0.1) is 11.3 Å². The lowest BCUT2D eigenvalue weighted by molar-refractivity contribution is -0.133. The van der Waals surface area contributed by atoms with Crippen LogP contribution in [0.15, 0.2) is 17.5 Å². The van der Waals surface area contributed by atoms with Crippen molar-refractivity contribution >= 4 is 29.0 Å². The van der Waals surface area contributed by atoms with Gasteiger partial charge in [0.05, 0.1) is 5.54 Å². The molecule has 3 heterocycles. The molecule has 0 bridgehead atoms. The Bertz CT molecular complexity index is 470. The van der Waals surface area contributed by atoms with Crippen molar-refractivity contribution in [2.75, 3.05) is 18.1 Å². The molecule has 3 rings (SSSR count). The summed E-state index contributed by atoms with van der Waals surface area (Å²) in [5.41, 5.74) is -0.402. The lowest BCUT2D eigenvalue weighted by atomic mass is 9.99. The SMILES string of the molecule is CCC1(C)NC(c2cccs2)N(CC2CCSC2)C1=O. The van der Waals surface area contributed by atoms with E-state index in [9.17, 15) is 4.79 Å². The van der Waals surface area contributed by atoms with E-state index in [0.29, 0.717) is 5.92 Å². The zero-order chi connectivity index (χ0) is 14.2. The molecule has 1 aromatic heterocycles. The van der Waals surface area contributed by atoms with Crippen molar-refractivity contribution in [1.29, 1.82) is 0 Å². The largest absolute Gasteiger partial charge is 0.320 e. The molecular weight excluding hydrogens is 288 g/mol. The van der Waals surface area contributed by atoms with Crippen molar-refractivity contribution in [3.8, 4) is 0 Å². The van der Waals surface area contributed by atoms with E-state index >= 15 is 0 Å². The molecular formula is C15H22N2OS2. The monoisotopic (exact) mass is 310 g/mol.